The number of thiophene rings is 1. The molecule has 5 nitrogen and oxygen atoms in total. The van der Waals surface area contributed by atoms with E-state index in [1.54, 1.807) is 36.6 Å². The molecule has 100 valence electrons. The summed E-state index contributed by atoms with van der Waals surface area (Å²) in [6.45, 7) is 0.465. The third kappa shape index (κ3) is 3.38. The standard InChI is InChI=1S/C13H14N2O3S/c1-17-11-4-10(13(14)15-16)5-12(6-11)18-7-9-2-3-19-8-9/h2-6,8,16H,7H2,1H3,(H2,14,15). The molecule has 0 unspecified atom stereocenters. The highest BCUT2D eigenvalue weighted by atomic mass is 32.1. The van der Waals surface area contributed by atoms with Crippen LogP contribution in [0.4, 0.5) is 0 Å². The van der Waals surface area contributed by atoms with Gasteiger partial charge < -0.3 is 20.4 Å². The van der Waals surface area contributed by atoms with Gasteiger partial charge in [0.25, 0.3) is 0 Å². The summed E-state index contributed by atoms with van der Waals surface area (Å²) < 4.78 is 10.8. The fourth-order valence-corrected chi connectivity index (χ4v) is 2.17. The molecular formula is C13H14N2O3S. The number of hydrogen-bond donors (Lipinski definition) is 2. The fraction of sp³-hybridized carbons (Fsp3) is 0.154. The summed E-state index contributed by atoms with van der Waals surface area (Å²) in [6.07, 6.45) is 0. The lowest BCUT2D eigenvalue weighted by Crippen LogP contribution is -2.13. The molecule has 1 aromatic carbocycles. The predicted molar refractivity (Wildman–Crippen MR) is 74.2 cm³/mol. The molecule has 0 aliphatic rings. The molecule has 0 spiro atoms. The monoisotopic (exact) mass is 278 g/mol. The van der Waals surface area contributed by atoms with Crippen LogP contribution in [0, 0.1) is 0 Å². The van der Waals surface area contributed by atoms with Gasteiger partial charge in [-0.05, 0) is 34.5 Å². The quantitative estimate of drug-likeness (QED) is 0.381. The first-order chi connectivity index (χ1) is 9.22. The van der Waals surface area contributed by atoms with E-state index in [0.29, 0.717) is 23.7 Å². The van der Waals surface area contributed by atoms with Crippen molar-refractivity contribution in [3.8, 4) is 11.5 Å². The van der Waals surface area contributed by atoms with Gasteiger partial charge in [-0.2, -0.15) is 11.3 Å². The number of ether oxygens (including phenoxy) is 2. The largest absolute Gasteiger partial charge is 0.497 e. The Balaban J connectivity index is 2.19. The van der Waals surface area contributed by atoms with Gasteiger partial charge in [0.05, 0.1) is 7.11 Å². The molecule has 0 bridgehead atoms. The lowest BCUT2D eigenvalue weighted by molar-refractivity contribution is 0.304. The number of oxime groups is 1. The molecule has 2 rings (SSSR count). The van der Waals surface area contributed by atoms with Crippen LogP contribution in [0.3, 0.4) is 0 Å². The van der Waals surface area contributed by atoms with Crippen molar-refractivity contribution in [2.24, 2.45) is 10.9 Å². The normalized spacial score (nSPS) is 11.3. The molecule has 0 atom stereocenters. The van der Waals surface area contributed by atoms with E-state index in [2.05, 4.69) is 5.16 Å². The Bertz CT molecular complexity index is 567. The molecule has 19 heavy (non-hydrogen) atoms. The molecule has 2 aromatic rings. The molecule has 0 aliphatic carbocycles. The van der Waals surface area contributed by atoms with Crippen LogP contribution in [0.5, 0.6) is 11.5 Å². The lowest BCUT2D eigenvalue weighted by Gasteiger charge is -2.09. The van der Waals surface area contributed by atoms with Gasteiger partial charge in [-0.1, -0.05) is 5.16 Å². The smallest absolute Gasteiger partial charge is 0.170 e. The summed E-state index contributed by atoms with van der Waals surface area (Å²) in [7, 11) is 1.55. The molecule has 0 aliphatic heterocycles. The molecule has 6 heteroatoms. The van der Waals surface area contributed by atoms with E-state index in [-0.39, 0.29) is 5.84 Å². The molecule has 0 radical (unpaired) electrons. The highest BCUT2D eigenvalue weighted by Crippen LogP contribution is 2.23. The minimum Gasteiger partial charge on any atom is -0.497 e. The Labute approximate surface area is 114 Å². The lowest BCUT2D eigenvalue weighted by atomic mass is 10.2. The van der Waals surface area contributed by atoms with Gasteiger partial charge in [-0.25, -0.2) is 0 Å². The van der Waals surface area contributed by atoms with Gasteiger partial charge >= 0.3 is 0 Å². The van der Waals surface area contributed by atoms with Crippen LogP contribution in [-0.2, 0) is 6.61 Å². The van der Waals surface area contributed by atoms with Gasteiger partial charge in [-0.15, -0.1) is 0 Å². The number of amidine groups is 1. The zero-order valence-electron chi connectivity index (χ0n) is 10.4. The van der Waals surface area contributed by atoms with E-state index in [1.165, 1.54) is 0 Å². The summed E-state index contributed by atoms with van der Waals surface area (Å²) in [4.78, 5) is 0. The summed E-state index contributed by atoms with van der Waals surface area (Å²) in [5.41, 5.74) is 7.21. The molecular weight excluding hydrogens is 264 g/mol. The van der Waals surface area contributed by atoms with Gasteiger partial charge in [0.15, 0.2) is 5.84 Å². The number of nitrogens with two attached hydrogens (primary N) is 1. The van der Waals surface area contributed by atoms with Gasteiger partial charge in [-0.3, -0.25) is 0 Å². The van der Waals surface area contributed by atoms with Crippen LogP contribution in [0.25, 0.3) is 0 Å². The van der Waals surface area contributed by atoms with Crippen molar-refractivity contribution in [2.45, 2.75) is 6.61 Å². The first-order valence-electron chi connectivity index (χ1n) is 5.54. The van der Waals surface area contributed by atoms with E-state index >= 15 is 0 Å². The van der Waals surface area contributed by atoms with Gasteiger partial charge in [0.2, 0.25) is 0 Å². The summed E-state index contributed by atoms with van der Waals surface area (Å²) in [5, 5.41) is 15.7. The molecule has 3 N–H and O–H groups in total. The second-order valence-electron chi connectivity index (χ2n) is 3.80. The van der Waals surface area contributed by atoms with Crippen LogP contribution in [0.2, 0.25) is 0 Å². The third-order valence-corrected chi connectivity index (χ3v) is 3.24. The van der Waals surface area contributed by atoms with Crippen molar-refractivity contribution in [1.29, 1.82) is 0 Å². The first-order valence-corrected chi connectivity index (χ1v) is 6.48. The molecule has 0 saturated heterocycles. The maximum atomic E-state index is 8.71. The highest BCUT2D eigenvalue weighted by Gasteiger charge is 2.06. The summed E-state index contributed by atoms with van der Waals surface area (Å²) in [5.74, 6) is 1.20. The Morgan fingerprint density at radius 3 is 2.79 bits per heavy atom. The average molecular weight is 278 g/mol. The van der Waals surface area contributed by atoms with Crippen molar-refractivity contribution in [2.75, 3.05) is 7.11 Å². The molecule has 1 heterocycles. The second-order valence-corrected chi connectivity index (χ2v) is 4.58. The highest BCUT2D eigenvalue weighted by molar-refractivity contribution is 7.07. The Kier molecular flexibility index (Phi) is 4.25. The average Bonchev–Trinajstić information content (AvgIpc) is 2.97. The van der Waals surface area contributed by atoms with Crippen molar-refractivity contribution in [3.05, 3.63) is 46.2 Å². The zero-order chi connectivity index (χ0) is 13.7. The van der Waals surface area contributed by atoms with Crippen LogP contribution in [-0.4, -0.2) is 18.2 Å². The van der Waals surface area contributed by atoms with E-state index in [0.717, 1.165) is 5.56 Å². The molecule has 0 amide bonds. The number of rotatable bonds is 5. The number of methoxy groups -OCH3 is 1. The van der Waals surface area contributed by atoms with Crippen molar-refractivity contribution in [1.82, 2.24) is 0 Å². The summed E-state index contributed by atoms with van der Waals surface area (Å²) in [6, 6.07) is 7.12. The third-order valence-electron chi connectivity index (χ3n) is 2.50. The Hall–Kier alpha value is -2.21. The van der Waals surface area contributed by atoms with E-state index in [4.69, 9.17) is 20.4 Å². The van der Waals surface area contributed by atoms with E-state index in [1.807, 2.05) is 16.8 Å². The minimum absolute atomic E-state index is 0.0132. The zero-order valence-corrected chi connectivity index (χ0v) is 11.2. The maximum absolute atomic E-state index is 8.71. The Morgan fingerprint density at radius 1 is 1.37 bits per heavy atom. The Morgan fingerprint density at radius 2 is 2.16 bits per heavy atom. The van der Waals surface area contributed by atoms with Crippen molar-refractivity contribution in [3.63, 3.8) is 0 Å². The number of nitrogens with zero attached hydrogens (tertiary/aromatic N) is 1. The van der Waals surface area contributed by atoms with Crippen molar-refractivity contribution >= 4 is 17.2 Å². The fourth-order valence-electron chi connectivity index (χ4n) is 1.52. The number of hydrogen-bond acceptors (Lipinski definition) is 5. The number of benzene rings is 1. The maximum Gasteiger partial charge on any atom is 0.170 e. The van der Waals surface area contributed by atoms with Crippen LogP contribution in [0.1, 0.15) is 11.1 Å². The first kappa shape index (κ1) is 13.2. The second kappa shape index (κ2) is 6.10. The van der Waals surface area contributed by atoms with Gasteiger partial charge in [0, 0.05) is 11.6 Å². The van der Waals surface area contributed by atoms with Crippen LogP contribution in [0.15, 0.2) is 40.2 Å². The van der Waals surface area contributed by atoms with Crippen molar-refractivity contribution < 1.29 is 14.7 Å². The topological polar surface area (TPSA) is 77.1 Å². The van der Waals surface area contributed by atoms with E-state index < -0.39 is 0 Å². The van der Waals surface area contributed by atoms with Crippen LogP contribution >= 0.6 is 11.3 Å². The van der Waals surface area contributed by atoms with E-state index in [9.17, 15) is 0 Å². The summed E-state index contributed by atoms with van der Waals surface area (Å²) >= 11 is 1.62. The van der Waals surface area contributed by atoms with Crippen LogP contribution < -0.4 is 15.2 Å². The SMILES string of the molecule is COc1cc(OCc2ccsc2)cc(/C(N)=N/O)c1. The molecule has 1 aromatic heterocycles. The van der Waals surface area contributed by atoms with Gasteiger partial charge in [0.1, 0.15) is 18.1 Å². The predicted octanol–water partition coefficient (Wildman–Crippen LogP) is 2.43. The minimum atomic E-state index is 0.0132. The molecule has 0 fully saturated rings. The molecule has 0 saturated carbocycles.